The lowest BCUT2D eigenvalue weighted by Crippen LogP contribution is -2.62. The summed E-state index contributed by atoms with van der Waals surface area (Å²) < 4.78 is 0. The maximum Gasteiger partial charge on any atom is 0.276 e. The van der Waals surface area contributed by atoms with E-state index < -0.39 is 5.66 Å². The minimum atomic E-state index is -1.33. The van der Waals surface area contributed by atoms with Gasteiger partial charge < -0.3 is 10.6 Å². The molecule has 3 aromatic carbocycles. The third-order valence-corrected chi connectivity index (χ3v) is 5.50. The Morgan fingerprint density at radius 1 is 0.857 bits per heavy atom. The number of amides is 2. The SMILES string of the molecule is Cc1ccc(N2C(=O)c3ccccc3NC23C(=O)Nc2ccccc23)c(C)c1. The highest BCUT2D eigenvalue weighted by Gasteiger charge is 2.57. The molecule has 28 heavy (non-hydrogen) atoms. The van der Waals surface area contributed by atoms with Crippen molar-refractivity contribution in [1.29, 1.82) is 0 Å². The molecule has 2 N–H and O–H groups in total. The molecular formula is C23H19N3O2. The van der Waals surface area contributed by atoms with Crippen molar-refractivity contribution in [2.75, 3.05) is 15.5 Å². The van der Waals surface area contributed by atoms with E-state index in [1.54, 1.807) is 11.0 Å². The lowest BCUT2D eigenvalue weighted by Gasteiger charge is -2.45. The average Bonchev–Trinajstić information content (AvgIpc) is 2.95. The predicted molar refractivity (Wildman–Crippen MR) is 110 cm³/mol. The van der Waals surface area contributed by atoms with Crippen LogP contribution in [-0.2, 0) is 10.5 Å². The molecule has 0 saturated carbocycles. The van der Waals surface area contributed by atoms with Gasteiger partial charge in [-0.25, -0.2) is 0 Å². The molecule has 0 aliphatic carbocycles. The third-order valence-electron chi connectivity index (χ3n) is 5.50. The number of nitrogens with zero attached hydrogens (tertiary/aromatic N) is 1. The van der Waals surface area contributed by atoms with E-state index in [2.05, 4.69) is 10.6 Å². The summed E-state index contributed by atoms with van der Waals surface area (Å²) in [5.74, 6) is -0.468. The van der Waals surface area contributed by atoms with Crippen LogP contribution in [0.2, 0.25) is 0 Å². The second-order valence-electron chi connectivity index (χ2n) is 7.31. The molecule has 5 rings (SSSR count). The summed E-state index contributed by atoms with van der Waals surface area (Å²) in [6, 6.07) is 20.7. The zero-order chi connectivity index (χ0) is 19.5. The van der Waals surface area contributed by atoms with Gasteiger partial charge in [0.1, 0.15) is 0 Å². The molecule has 138 valence electrons. The Hall–Kier alpha value is -3.60. The Labute approximate surface area is 163 Å². The second-order valence-corrected chi connectivity index (χ2v) is 7.31. The summed E-state index contributed by atoms with van der Waals surface area (Å²) in [4.78, 5) is 28.6. The lowest BCUT2D eigenvalue weighted by molar-refractivity contribution is -0.119. The average molecular weight is 369 g/mol. The number of nitrogens with one attached hydrogen (secondary N) is 2. The van der Waals surface area contributed by atoms with Gasteiger partial charge in [0.25, 0.3) is 11.8 Å². The molecule has 1 spiro atoms. The Kier molecular flexibility index (Phi) is 3.37. The van der Waals surface area contributed by atoms with Gasteiger partial charge in [-0.3, -0.25) is 14.5 Å². The van der Waals surface area contributed by atoms with Crippen LogP contribution in [0.15, 0.2) is 66.7 Å². The third kappa shape index (κ3) is 2.07. The van der Waals surface area contributed by atoms with Gasteiger partial charge >= 0.3 is 0 Å². The molecule has 2 aliphatic rings. The number of carbonyl (C=O) groups excluding carboxylic acids is 2. The van der Waals surface area contributed by atoms with Gasteiger partial charge in [-0.05, 0) is 43.7 Å². The van der Waals surface area contributed by atoms with E-state index >= 15 is 0 Å². The van der Waals surface area contributed by atoms with Crippen molar-refractivity contribution >= 4 is 28.9 Å². The van der Waals surface area contributed by atoms with Crippen molar-refractivity contribution in [2.45, 2.75) is 19.5 Å². The van der Waals surface area contributed by atoms with Gasteiger partial charge in [-0.15, -0.1) is 0 Å². The van der Waals surface area contributed by atoms with E-state index in [9.17, 15) is 9.59 Å². The van der Waals surface area contributed by atoms with E-state index in [0.717, 1.165) is 16.7 Å². The fourth-order valence-electron chi connectivity index (χ4n) is 4.24. The van der Waals surface area contributed by atoms with Gasteiger partial charge in [0.15, 0.2) is 0 Å². The number of carbonyl (C=O) groups is 2. The summed E-state index contributed by atoms with van der Waals surface area (Å²) in [6.07, 6.45) is 0. The van der Waals surface area contributed by atoms with Crippen molar-refractivity contribution in [3.63, 3.8) is 0 Å². The smallest absolute Gasteiger partial charge is 0.276 e. The van der Waals surface area contributed by atoms with Gasteiger partial charge in [-0.2, -0.15) is 0 Å². The molecule has 2 heterocycles. The normalized spacial score (nSPS) is 19.9. The van der Waals surface area contributed by atoms with Crippen LogP contribution in [-0.4, -0.2) is 11.8 Å². The molecule has 0 radical (unpaired) electrons. The maximum absolute atomic E-state index is 13.7. The highest BCUT2D eigenvalue weighted by molar-refractivity contribution is 6.22. The number of aryl methyl sites for hydroxylation is 2. The fourth-order valence-corrected chi connectivity index (χ4v) is 4.24. The molecule has 0 saturated heterocycles. The molecule has 2 aliphatic heterocycles. The van der Waals surface area contributed by atoms with Crippen molar-refractivity contribution in [2.24, 2.45) is 0 Å². The first-order valence-electron chi connectivity index (χ1n) is 9.22. The number of hydrogen-bond acceptors (Lipinski definition) is 3. The molecule has 0 fully saturated rings. The van der Waals surface area contributed by atoms with Crippen molar-refractivity contribution in [3.05, 3.63) is 89.0 Å². The summed E-state index contributed by atoms with van der Waals surface area (Å²) in [5, 5.41) is 6.34. The Morgan fingerprint density at radius 2 is 1.57 bits per heavy atom. The van der Waals surface area contributed by atoms with Crippen molar-refractivity contribution < 1.29 is 9.59 Å². The van der Waals surface area contributed by atoms with Crippen molar-refractivity contribution in [3.8, 4) is 0 Å². The number of para-hydroxylation sites is 2. The van der Waals surface area contributed by atoms with Crippen LogP contribution in [0, 0.1) is 13.8 Å². The minimum absolute atomic E-state index is 0.201. The molecule has 0 bridgehead atoms. The van der Waals surface area contributed by atoms with Gasteiger partial charge in [-0.1, -0.05) is 48.0 Å². The Balaban J connectivity index is 1.84. The first-order valence-corrected chi connectivity index (χ1v) is 9.22. The first kappa shape index (κ1) is 16.6. The monoisotopic (exact) mass is 369 g/mol. The van der Waals surface area contributed by atoms with Crippen LogP contribution in [0.25, 0.3) is 0 Å². The van der Waals surface area contributed by atoms with E-state index in [-0.39, 0.29) is 11.8 Å². The molecule has 2 amide bonds. The number of fused-ring (bicyclic) bond motifs is 3. The van der Waals surface area contributed by atoms with Crippen LogP contribution in [0.3, 0.4) is 0 Å². The summed E-state index contributed by atoms with van der Waals surface area (Å²) in [6.45, 7) is 3.97. The molecule has 0 aromatic heterocycles. The van der Waals surface area contributed by atoms with Gasteiger partial charge in [0.2, 0.25) is 5.66 Å². The first-order chi connectivity index (χ1) is 13.5. The van der Waals surface area contributed by atoms with Crippen LogP contribution in [0.1, 0.15) is 27.0 Å². The second kappa shape index (κ2) is 5.70. The quantitative estimate of drug-likeness (QED) is 0.676. The molecule has 1 unspecified atom stereocenters. The highest BCUT2D eigenvalue weighted by Crippen LogP contribution is 2.47. The van der Waals surface area contributed by atoms with Crippen LogP contribution in [0.4, 0.5) is 17.1 Å². The number of hydrogen-bond donors (Lipinski definition) is 2. The standard InChI is InChI=1S/C23H19N3O2/c1-14-11-12-20(15(2)13-14)26-21(27)16-7-3-5-9-18(16)25-23(26)17-8-4-6-10-19(17)24-22(23)28/h3-13,25H,1-2H3,(H,24,28). The molecule has 3 aromatic rings. The summed E-state index contributed by atoms with van der Waals surface area (Å²) >= 11 is 0. The molecule has 5 heteroatoms. The lowest BCUT2D eigenvalue weighted by atomic mass is 9.91. The fraction of sp³-hybridized carbons (Fsp3) is 0.130. The van der Waals surface area contributed by atoms with E-state index in [4.69, 9.17) is 0 Å². The molecular weight excluding hydrogens is 350 g/mol. The largest absolute Gasteiger partial charge is 0.350 e. The minimum Gasteiger partial charge on any atom is -0.350 e. The molecule has 1 atom stereocenters. The zero-order valence-electron chi connectivity index (χ0n) is 15.6. The number of anilines is 3. The van der Waals surface area contributed by atoms with E-state index in [1.165, 1.54) is 0 Å². The maximum atomic E-state index is 13.7. The topological polar surface area (TPSA) is 61.4 Å². The number of benzene rings is 3. The van der Waals surface area contributed by atoms with Crippen molar-refractivity contribution in [1.82, 2.24) is 0 Å². The predicted octanol–water partition coefficient (Wildman–Crippen LogP) is 4.18. The summed E-state index contributed by atoms with van der Waals surface area (Å²) in [5.41, 5.74) is 4.07. The van der Waals surface area contributed by atoms with Gasteiger partial charge in [0, 0.05) is 16.9 Å². The Morgan fingerprint density at radius 3 is 2.36 bits per heavy atom. The molecule has 5 nitrogen and oxygen atoms in total. The van der Waals surface area contributed by atoms with Crippen LogP contribution in [0.5, 0.6) is 0 Å². The summed E-state index contributed by atoms with van der Waals surface area (Å²) in [7, 11) is 0. The zero-order valence-corrected chi connectivity index (χ0v) is 15.6. The van der Waals surface area contributed by atoms with Crippen LogP contribution < -0.4 is 15.5 Å². The van der Waals surface area contributed by atoms with E-state index in [0.29, 0.717) is 22.6 Å². The Bertz CT molecular complexity index is 1150. The van der Waals surface area contributed by atoms with Gasteiger partial charge in [0.05, 0.1) is 11.3 Å². The number of rotatable bonds is 1. The van der Waals surface area contributed by atoms with E-state index in [1.807, 2.05) is 74.5 Å². The van der Waals surface area contributed by atoms with Crippen LogP contribution >= 0.6 is 0 Å². The highest BCUT2D eigenvalue weighted by atomic mass is 16.2.